The highest BCUT2D eigenvalue weighted by Crippen LogP contribution is 2.47. The number of allylic oxidation sites excluding steroid dienone is 1. The van der Waals surface area contributed by atoms with Crippen LogP contribution < -0.4 is 24.8 Å². The number of nitrogens with zero attached hydrogens (tertiary/aromatic N) is 3. The molecule has 3 saturated carbocycles. The summed E-state index contributed by atoms with van der Waals surface area (Å²) in [5.41, 5.74) is 0.171. The normalized spacial score (nSPS) is 29.3. The van der Waals surface area contributed by atoms with Crippen LogP contribution in [0.15, 0.2) is 30.4 Å². The zero-order valence-corrected chi connectivity index (χ0v) is 32.1. The lowest BCUT2D eigenvalue weighted by Crippen LogP contribution is -2.58. The number of nitrogens with one attached hydrogen (secondary N) is 3. The highest BCUT2D eigenvalue weighted by Gasteiger charge is 2.63. The van der Waals surface area contributed by atoms with E-state index in [1.54, 1.807) is 39.2 Å². The van der Waals surface area contributed by atoms with Gasteiger partial charge < -0.3 is 29.7 Å². The summed E-state index contributed by atoms with van der Waals surface area (Å²) in [7, 11) is -2.43. The average Bonchev–Trinajstić information content (AvgIpc) is 4.06. The van der Waals surface area contributed by atoms with Crippen molar-refractivity contribution in [2.75, 3.05) is 13.7 Å². The van der Waals surface area contributed by atoms with Crippen molar-refractivity contribution in [1.29, 1.82) is 0 Å². The number of benzene rings is 1. The molecule has 1 saturated heterocycles. The number of carbonyl (C=O) groups excluding carboxylic acids is 4. The lowest BCUT2D eigenvalue weighted by molar-refractivity contribution is -0.141. The highest BCUT2D eigenvalue weighted by molar-refractivity contribution is 7.91. The maximum Gasteiger partial charge on any atom is 0.408 e. The molecule has 1 unspecified atom stereocenters. The fourth-order valence-corrected chi connectivity index (χ4v) is 8.77. The van der Waals surface area contributed by atoms with E-state index < -0.39 is 68.2 Å². The number of amides is 4. The fraction of sp³-hybridized carbons (Fsp3) is 0.632. The Morgan fingerprint density at radius 2 is 1.85 bits per heavy atom. The Balaban J connectivity index is 1.17. The fourth-order valence-electron chi connectivity index (χ4n) is 7.46. The molecule has 6 atom stereocenters. The first-order valence-corrected chi connectivity index (χ1v) is 20.5. The molecule has 0 spiro atoms. The second kappa shape index (κ2) is 14.6. The lowest BCUT2D eigenvalue weighted by Gasteiger charge is -2.30. The van der Waals surface area contributed by atoms with Crippen LogP contribution in [-0.4, -0.2) is 95.3 Å². The van der Waals surface area contributed by atoms with E-state index in [1.807, 2.05) is 19.1 Å². The molecule has 0 radical (unpaired) electrons. The summed E-state index contributed by atoms with van der Waals surface area (Å²) in [5, 5.41) is 5.68. The van der Waals surface area contributed by atoms with Crippen LogP contribution in [-0.2, 0) is 29.1 Å². The van der Waals surface area contributed by atoms with Gasteiger partial charge in [-0.2, -0.15) is 0 Å². The zero-order valence-electron chi connectivity index (χ0n) is 31.3. The molecule has 2 aromatic rings. The first-order valence-electron chi connectivity index (χ1n) is 19.0. The Morgan fingerprint density at radius 3 is 2.57 bits per heavy atom. The number of hydrogen-bond donors (Lipinski definition) is 3. The predicted molar refractivity (Wildman–Crippen MR) is 197 cm³/mol. The van der Waals surface area contributed by atoms with Gasteiger partial charge in [0, 0.05) is 18.4 Å². The van der Waals surface area contributed by atoms with Crippen LogP contribution in [0.1, 0.15) is 90.2 Å². The molecule has 3 heterocycles. The molecule has 3 N–H and O–H groups in total. The summed E-state index contributed by atoms with van der Waals surface area (Å²) < 4.78 is 44.9. The Bertz CT molecular complexity index is 1960. The minimum atomic E-state index is -3.99. The Labute approximate surface area is 315 Å². The van der Waals surface area contributed by atoms with Gasteiger partial charge in [0.1, 0.15) is 41.3 Å². The smallest absolute Gasteiger partial charge is 0.408 e. The van der Waals surface area contributed by atoms with Crippen LogP contribution in [0.4, 0.5) is 4.79 Å². The number of fused-ring (bicyclic) bond motifs is 3. The molecule has 5 aliphatic rings. The molecular weight excluding hydrogens is 717 g/mol. The van der Waals surface area contributed by atoms with Gasteiger partial charge in [-0.05, 0) is 90.2 Å². The standard InChI is InChI=1S/C38H50N6O9S/c1-22-33(40-30-18-26(51-4)14-15-28(30)39-22)53-27-19-31-32(45)42-38(35(47)43-54(49,50)37(3)16-17-37)20-25(38)10-8-6-5-7-9-11-29(34(46)44(31)21-27)41-36(48)52-23(2)24-12-13-24/h8,10,14-15,18,23-25,27,29,31H,5-7,9,11-13,16-17,19-21H2,1-4H3,(H,41,48)(H,42,45)(H,43,47)/b10-8-/t23-,25?,27-,29+,31+,38-/m1/s1. The molecule has 292 valence electrons. The lowest BCUT2D eigenvalue weighted by atomic mass is 10.0. The molecule has 54 heavy (non-hydrogen) atoms. The maximum absolute atomic E-state index is 14.5. The Morgan fingerprint density at radius 1 is 1.07 bits per heavy atom. The maximum atomic E-state index is 14.5. The largest absolute Gasteiger partial charge is 0.497 e. The van der Waals surface area contributed by atoms with Gasteiger partial charge in [0.25, 0.3) is 5.91 Å². The molecular formula is C38H50N6O9S. The van der Waals surface area contributed by atoms with Gasteiger partial charge >= 0.3 is 6.09 Å². The minimum absolute atomic E-state index is 0.0187. The van der Waals surface area contributed by atoms with Crippen LogP contribution in [0.5, 0.6) is 11.6 Å². The number of carbonyl (C=O) groups is 4. The van der Waals surface area contributed by atoms with E-state index in [9.17, 15) is 27.6 Å². The second-order valence-electron chi connectivity index (χ2n) is 15.8. The van der Waals surface area contributed by atoms with Crippen molar-refractivity contribution in [3.8, 4) is 11.6 Å². The molecule has 1 aromatic carbocycles. The van der Waals surface area contributed by atoms with Gasteiger partial charge in [-0.1, -0.05) is 25.0 Å². The summed E-state index contributed by atoms with van der Waals surface area (Å²) in [5.74, 6) is -1.21. The van der Waals surface area contributed by atoms with E-state index >= 15 is 0 Å². The topological polar surface area (TPSA) is 195 Å². The van der Waals surface area contributed by atoms with Gasteiger partial charge in [0.05, 0.1) is 29.4 Å². The third-order valence-electron chi connectivity index (χ3n) is 11.6. The van der Waals surface area contributed by atoms with Gasteiger partial charge in [0.15, 0.2) is 0 Å². The summed E-state index contributed by atoms with van der Waals surface area (Å²) in [6.45, 7) is 5.17. The molecule has 2 aliphatic heterocycles. The average molecular weight is 767 g/mol. The highest BCUT2D eigenvalue weighted by atomic mass is 32.2. The number of rotatable bonds is 9. The quantitative estimate of drug-likeness (QED) is 0.316. The Hall–Kier alpha value is -4.47. The number of aryl methyl sites for hydroxylation is 1. The third-order valence-corrected chi connectivity index (χ3v) is 13.8. The molecule has 0 bridgehead atoms. The number of methoxy groups -OCH3 is 1. The van der Waals surface area contributed by atoms with Crippen molar-refractivity contribution in [2.24, 2.45) is 11.8 Å². The molecule has 7 rings (SSSR count). The number of aromatic nitrogens is 2. The SMILES string of the molecule is COc1ccc2nc(C)c(O[C@@H]3C[C@H]4C(=O)N[C@]5(C(=O)NS(=O)(=O)C6(C)CC6)CC5/C=C\CCCCC[C@H](NC(=O)O[C@H](C)C5CC5)C(=O)N4C3)nc2c1. The first-order chi connectivity index (χ1) is 25.7. The minimum Gasteiger partial charge on any atom is -0.497 e. The van der Waals surface area contributed by atoms with Crippen LogP contribution in [0.25, 0.3) is 11.0 Å². The van der Waals surface area contributed by atoms with Crippen LogP contribution in [0, 0.1) is 18.8 Å². The van der Waals surface area contributed by atoms with E-state index in [1.165, 1.54) is 4.90 Å². The summed E-state index contributed by atoms with van der Waals surface area (Å²) in [6.07, 6.45) is 8.45. The van der Waals surface area contributed by atoms with Crippen molar-refractivity contribution in [2.45, 2.75) is 126 Å². The van der Waals surface area contributed by atoms with E-state index in [0.717, 1.165) is 25.7 Å². The first kappa shape index (κ1) is 37.8. The summed E-state index contributed by atoms with van der Waals surface area (Å²) in [4.78, 5) is 66.5. The van der Waals surface area contributed by atoms with Gasteiger partial charge in [0.2, 0.25) is 27.7 Å². The zero-order chi connectivity index (χ0) is 38.4. The van der Waals surface area contributed by atoms with Gasteiger partial charge in [-0.15, -0.1) is 0 Å². The Kier molecular flexibility index (Phi) is 10.3. The van der Waals surface area contributed by atoms with Crippen molar-refractivity contribution in [1.82, 2.24) is 30.2 Å². The van der Waals surface area contributed by atoms with Gasteiger partial charge in [-0.3, -0.25) is 19.1 Å². The monoisotopic (exact) mass is 766 g/mol. The molecule has 15 nitrogen and oxygen atoms in total. The number of alkyl carbamates (subject to hydrolysis) is 1. The molecule has 16 heteroatoms. The van der Waals surface area contributed by atoms with E-state index in [-0.39, 0.29) is 31.4 Å². The van der Waals surface area contributed by atoms with E-state index in [2.05, 4.69) is 25.3 Å². The third kappa shape index (κ3) is 7.85. The molecule has 4 fully saturated rings. The molecule has 3 aliphatic carbocycles. The number of sulfonamides is 1. The van der Waals surface area contributed by atoms with E-state index in [4.69, 9.17) is 14.2 Å². The van der Waals surface area contributed by atoms with Crippen molar-refractivity contribution >= 4 is 44.9 Å². The molecule has 1 aromatic heterocycles. The van der Waals surface area contributed by atoms with E-state index in [0.29, 0.717) is 60.5 Å². The second-order valence-corrected chi connectivity index (χ2v) is 18.0. The van der Waals surface area contributed by atoms with Crippen LogP contribution in [0.2, 0.25) is 0 Å². The van der Waals surface area contributed by atoms with Gasteiger partial charge in [-0.25, -0.2) is 23.2 Å². The number of ether oxygens (including phenoxy) is 3. The summed E-state index contributed by atoms with van der Waals surface area (Å²) in [6, 6.07) is 3.21. The molecule has 4 amide bonds. The summed E-state index contributed by atoms with van der Waals surface area (Å²) >= 11 is 0. The van der Waals surface area contributed by atoms with Crippen LogP contribution >= 0.6 is 0 Å². The number of hydrogen-bond acceptors (Lipinski definition) is 11. The van der Waals surface area contributed by atoms with Crippen molar-refractivity contribution in [3.63, 3.8) is 0 Å². The predicted octanol–water partition coefficient (Wildman–Crippen LogP) is 3.58. The van der Waals surface area contributed by atoms with Crippen LogP contribution in [0.3, 0.4) is 0 Å². The van der Waals surface area contributed by atoms with Crippen molar-refractivity contribution < 1.29 is 41.8 Å². The van der Waals surface area contributed by atoms with Crippen molar-refractivity contribution in [3.05, 3.63) is 36.0 Å².